The molecule has 0 aromatic heterocycles. The Morgan fingerprint density at radius 2 is 0.562 bits per heavy atom. The van der Waals surface area contributed by atoms with Gasteiger partial charge in [-0.2, -0.15) is 0 Å². The first-order valence-corrected chi connectivity index (χ1v) is 38.6. The molecule has 0 saturated heterocycles. The predicted molar refractivity (Wildman–Crippen MR) is 414 cm³/mol. The van der Waals surface area contributed by atoms with Crippen molar-refractivity contribution in [1.29, 1.82) is 0 Å². The summed E-state index contributed by atoms with van der Waals surface area (Å²) in [6.07, 6.45) is 118. The number of esters is 2. The maximum absolute atomic E-state index is 12.9. The van der Waals surface area contributed by atoms with E-state index in [9.17, 15) is 19.0 Å². The number of ether oxygens (including phenoxy) is 2. The van der Waals surface area contributed by atoms with Crippen molar-refractivity contribution in [3.63, 3.8) is 0 Å². The quantitative estimate of drug-likeness (QED) is 0.0195. The van der Waals surface area contributed by atoms with Crippen LogP contribution in [0, 0.1) is 0 Å². The second-order valence-corrected chi connectivity index (χ2v) is 26.2. The molecule has 0 aliphatic heterocycles. The van der Waals surface area contributed by atoms with Crippen molar-refractivity contribution in [1.82, 2.24) is 0 Å². The molecule has 9 nitrogen and oxygen atoms in total. The third kappa shape index (κ3) is 77.1. The van der Waals surface area contributed by atoms with E-state index in [-0.39, 0.29) is 26.1 Å². The maximum atomic E-state index is 12.9. The van der Waals surface area contributed by atoms with Gasteiger partial charge in [0.1, 0.15) is 19.8 Å². The number of hydrogen-bond donors (Lipinski definition) is 0. The zero-order valence-electron chi connectivity index (χ0n) is 61.0. The van der Waals surface area contributed by atoms with Crippen molar-refractivity contribution < 1.29 is 42.1 Å². The van der Waals surface area contributed by atoms with Gasteiger partial charge in [0.2, 0.25) is 0 Å². The number of likely N-dealkylation sites (N-methyl/N-ethyl adjacent to an activating group) is 1. The fourth-order valence-corrected chi connectivity index (χ4v) is 9.82. The Balaban J connectivity index is 4.20. The highest BCUT2D eigenvalue weighted by Crippen LogP contribution is 2.38. The lowest BCUT2D eigenvalue weighted by molar-refractivity contribution is -0.870. The summed E-state index contributed by atoms with van der Waals surface area (Å²) in [5, 5.41) is 0. The van der Waals surface area contributed by atoms with Crippen molar-refractivity contribution in [2.45, 2.75) is 251 Å². The minimum absolute atomic E-state index is 0.0491. The number of carbonyl (C=O) groups excluding carboxylic acids is 2. The molecule has 0 aliphatic rings. The van der Waals surface area contributed by atoms with Gasteiger partial charge in [-0.15, -0.1) is 0 Å². The molecule has 0 rings (SSSR count). The third-order valence-corrected chi connectivity index (χ3v) is 15.6. The molecule has 10 heteroatoms. The minimum Gasteiger partial charge on any atom is -0.756 e. The number of unbranched alkanes of at least 4 members (excludes halogenated alkanes) is 13. The van der Waals surface area contributed by atoms with Crippen LogP contribution < -0.4 is 4.89 Å². The van der Waals surface area contributed by atoms with Gasteiger partial charge >= 0.3 is 11.9 Å². The Bertz CT molecular complexity index is 2480. The number of quaternary nitrogens is 1. The molecule has 536 valence electrons. The standard InChI is InChI=1S/C86H134NO8P/c1-6-8-10-12-14-16-18-20-22-24-26-28-30-32-34-36-38-40-41-42-43-44-45-47-49-51-53-55-57-59-61-63-65-67-69-71-73-75-77-79-86(89)95-84(83-94-96(90,91)93-81-80-87(3,4)5)82-92-85(88)78-76-74-72-70-68-66-64-62-60-58-56-54-52-50-48-46-39-37-35-33-31-29-27-25-23-21-19-17-15-13-11-9-7-2/h8-11,14-17,20-23,26-29,32-35,38-40,42-43,45-47,50-53,56-59,62,64,84H,6-7,12-13,18-19,24-25,30-31,36-37,41,44,48-49,54-55,60-61,63,65-83H2,1-5H3/b10-8-,11-9-,16-14-,17-15-,22-20-,23-21-,28-26-,29-27-,34-32-,35-33-,40-38-,43-42-,46-39-,47-45-,52-50-,53-51-,58-56-,59-57-,64-62-. The van der Waals surface area contributed by atoms with E-state index in [0.29, 0.717) is 23.9 Å². The van der Waals surface area contributed by atoms with Crippen molar-refractivity contribution in [3.8, 4) is 0 Å². The lowest BCUT2D eigenvalue weighted by Crippen LogP contribution is -2.37. The molecule has 2 atom stereocenters. The first kappa shape index (κ1) is 90.1. The first-order chi connectivity index (χ1) is 47.0. The lowest BCUT2D eigenvalue weighted by atomic mass is 10.1. The van der Waals surface area contributed by atoms with Crippen LogP contribution in [0.15, 0.2) is 231 Å². The van der Waals surface area contributed by atoms with Crippen LogP contribution in [-0.2, 0) is 32.7 Å². The van der Waals surface area contributed by atoms with E-state index in [2.05, 4.69) is 245 Å². The molecular formula is C86H134NO8P. The Kier molecular flexibility index (Phi) is 68.8. The first-order valence-electron chi connectivity index (χ1n) is 37.1. The summed E-state index contributed by atoms with van der Waals surface area (Å²) >= 11 is 0. The molecule has 0 heterocycles. The number of hydrogen-bond acceptors (Lipinski definition) is 8. The average Bonchev–Trinajstić information content (AvgIpc) is 1.98. The molecule has 0 spiro atoms. The van der Waals surface area contributed by atoms with Crippen LogP contribution in [0.3, 0.4) is 0 Å². The summed E-state index contributed by atoms with van der Waals surface area (Å²) in [6.45, 7) is 3.95. The third-order valence-electron chi connectivity index (χ3n) is 14.7. The fourth-order valence-electron chi connectivity index (χ4n) is 9.09. The van der Waals surface area contributed by atoms with E-state index in [4.69, 9.17) is 18.5 Å². The molecular weight excluding hydrogens is 1210 g/mol. The van der Waals surface area contributed by atoms with Gasteiger partial charge in [-0.1, -0.05) is 303 Å². The number of phosphoric acid groups is 1. The van der Waals surface area contributed by atoms with E-state index in [1.165, 1.54) is 25.7 Å². The Labute approximate surface area is 588 Å². The zero-order chi connectivity index (χ0) is 69.7. The molecule has 0 bridgehead atoms. The maximum Gasteiger partial charge on any atom is 0.306 e. The second-order valence-electron chi connectivity index (χ2n) is 24.8. The normalized spacial score (nSPS) is 14.4. The second kappa shape index (κ2) is 73.3. The monoisotopic (exact) mass is 1340 g/mol. The van der Waals surface area contributed by atoms with Gasteiger partial charge in [0, 0.05) is 12.8 Å². The van der Waals surface area contributed by atoms with Gasteiger partial charge in [-0.3, -0.25) is 14.2 Å². The largest absolute Gasteiger partial charge is 0.756 e. The van der Waals surface area contributed by atoms with Crippen molar-refractivity contribution in [2.24, 2.45) is 0 Å². The van der Waals surface area contributed by atoms with E-state index >= 15 is 0 Å². The van der Waals surface area contributed by atoms with Gasteiger partial charge in [-0.05, 0) is 161 Å². The number of carbonyl (C=O) groups is 2. The van der Waals surface area contributed by atoms with E-state index in [1.54, 1.807) is 0 Å². The van der Waals surface area contributed by atoms with Crippen LogP contribution in [0.5, 0.6) is 0 Å². The highest BCUT2D eigenvalue weighted by Gasteiger charge is 2.22. The van der Waals surface area contributed by atoms with Crippen LogP contribution >= 0.6 is 7.82 Å². The molecule has 96 heavy (non-hydrogen) atoms. The van der Waals surface area contributed by atoms with E-state index in [0.717, 1.165) is 180 Å². The summed E-state index contributed by atoms with van der Waals surface area (Å²) in [5.74, 6) is -0.883. The molecule has 0 aliphatic carbocycles. The van der Waals surface area contributed by atoms with Gasteiger partial charge in [0.05, 0.1) is 27.7 Å². The van der Waals surface area contributed by atoms with Crippen LogP contribution in [0.4, 0.5) is 0 Å². The smallest absolute Gasteiger partial charge is 0.306 e. The van der Waals surface area contributed by atoms with Gasteiger partial charge < -0.3 is 27.9 Å². The summed E-state index contributed by atoms with van der Waals surface area (Å²) in [5.41, 5.74) is 0. The molecule has 0 saturated carbocycles. The van der Waals surface area contributed by atoms with Crippen LogP contribution in [-0.4, -0.2) is 70.0 Å². The molecule has 0 radical (unpaired) electrons. The Morgan fingerprint density at radius 3 is 0.833 bits per heavy atom. The van der Waals surface area contributed by atoms with Gasteiger partial charge in [0.25, 0.3) is 7.82 Å². The average molecular weight is 1340 g/mol. The van der Waals surface area contributed by atoms with Crippen LogP contribution in [0.1, 0.15) is 245 Å². The number of allylic oxidation sites excluding steroid dienone is 38. The molecule has 0 aromatic rings. The summed E-state index contributed by atoms with van der Waals surface area (Å²) in [6, 6.07) is 0. The molecule has 2 unspecified atom stereocenters. The highest BCUT2D eigenvalue weighted by atomic mass is 31.2. The highest BCUT2D eigenvalue weighted by molar-refractivity contribution is 7.45. The van der Waals surface area contributed by atoms with Crippen LogP contribution in [0.2, 0.25) is 0 Å². The number of nitrogens with zero attached hydrogens (tertiary/aromatic N) is 1. The van der Waals surface area contributed by atoms with Gasteiger partial charge in [0.15, 0.2) is 6.10 Å². The topological polar surface area (TPSA) is 111 Å². The fraction of sp³-hybridized carbons (Fsp3) is 0.535. The zero-order valence-corrected chi connectivity index (χ0v) is 61.9. The minimum atomic E-state index is -4.67. The molecule has 0 fully saturated rings. The van der Waals surface area contributed by atoms with Gasteiger partial charge in [-0.25, -0.2) is 0 Å². The van der Waals surface area contributed by atoms with Crippen molar-refractivity contribution in [2.75, 3.05) is 47.5 Å². The number of phosphoric ester groups is 1. The SMILES string of the molecule is CC/C=C\C/C=C\C/C=C\C/C=C\C/C=C\C/C=C\C/C=C\C/C=C\C/C=C\C/C=C\CCCCCCCCCCC(=O)OC(COC(=O)CCCCCCC/C=C\C/C=C\C/C=C\C/C=C\C/C=C\C/C=C\C/C=C\C/C=C\C/C=C\CC)COP(=O)([O-])OCC[N+](C)(C)C. The molecule has 0 aromatic carbocycles. The van der Waals surface area contributed by atoms with E-state index in [1.807, 2.05) is 21.1 Å². The van der Waals surface area contributed by atoms with Crippen LogP contribution in [0.25, 0.3) is 0 Å². The number of rotatable bonds is 65. The Hall–Kier alpha value is -5.93. The van der Waals surface area contributed by atoms with Crippen molar-refractivity contribution in [3.05, 3.63) is 231 Å². The van der Waals surface area contributed by atoms with E-state index < -0.39 is 32.5 Å². The molecule has 0 amide bonds. The summed E-state index contributed by atoms with van der Waals surface area (Å²) in [7, 11) is 1.11. The molecule has 0 N–H and O–H groups in total. The predicted octanol–water partition coefficient (Wildman–Crippen LogP) is 24.3. The summed E-state index contributed by atoms with van der Waals surface area (Å²) < 4.78 is 34.3. The lowest BCUT2D eigenvalue weighted by Gasteiger charge is -2.28. The van der Waals surface area contributed by atoms with Crippen molar-refractivity contribution >= 4 is 19.8 Å². The summed E-state index contributed by atoms with van der Waals surface area (Å²) in [4.78, 5) is 38.1. The Morgan fingerprint density at radius 1 is 0.323 bits per heavy atom.